The number of carbonyl (C=O) groups is 2. The van der Waals surface area contributed by atoms with E-state index in [0.717, 1.165) is 12.0 Å². The molecule has 1 aromatic carbocycles. The Labute approximate surface area is 139 Å². The van der Waals surface area contributed by atoms with Crippen molar-refractivity contribution in [3.8, 4) is 0 Å². The van der Waals surface area contributed by atoms with Gasteiger partial charge in [0.05, 0.1) is 18.4 Å². The summed E-state index contributed by atoms with van der Waals surface area (Å²) in [6, 6.07) is 9.47. The zero-order valence-corrected chi connectivity index (χ0v) is 13.2. The molecule has 2 aromatic rings. The monoisotopic (exact) mass is 329 g/mol. The molecule has 2 amide bonds. The number of rotatable bonds is 5. The van der Waals surface area contributed by atoms with Gasteiger partial charge in [0.15, 0.2) is 0 Å². The lowest BCUT2D eigenvalue weighted by Crippen LogP contribution is -2.39. The molecular weight excluding hydrogens is 310 g/mol. The molecule has 0 saturated carbocycles. The van der Waals surface area contributed by atoms with Crippen molar-refractivity contribution in [2.24, 2.45) is 0 Å². The minimum atomic E-state index is -0.600. The number of nitrogens with one attached hydrogen (secondary N) is 1. The quantitative estimate of drug-likeness (QED) is 0.883. The fraction of sp³-hybridized carbons (Fsp3) is 0.375. The van der Waals surface area contributed by atoms with Crippen LogP contribution in [0.25, 0.3) is 0 Å². The van der Waals surface area contributed by atoms with Gasteiger partial charge in [-0.15, -0.1) is 0 Å². The second-order valence-electron chi connectivity index (χ2n) is 5.55. The number of hydrogen-bond donors (Lipinski definition) is 1. The van der Waals surface area contributed by atoms with Gasteiger partial charge in [-0.25, -0.2) is 4.79 Å². The summed E-state index contributed by atoms with van der Waals surface area (Å²) >= 11 is 0. The Morgan fingerprint density at radius 2 is 1.96 bits per heavy atom. The number of likely N-dealkylation sites (tertiary alicyclic amines) is 1. The molecule has 0 radical (unpaired) electrons. The third kappa shape index (κ3) is 4.09. The van der Waals surface area contributed by atoms with E-state index in [9.17, 15) is 9.59 Å². The highest BCUT2D eigenvalue weighted by molar-refractivity contribution is 5.82. The van der Waals surface area contributed by atoms with Gasteiger partial charge in [-0.05, 0) is 12.0 Å². The molecule has 3 rings (SSSR count). The molecule has 1 aliphatic rings. The zero-order chi connectivity index (χ0) is 16.8. The van der Waals surface area contributed by atoms with E-state index in [1.807, 2.05) is 30.3 Å². The SMILES string of the molecule is O=C(NCC(=O)N1CCC(n2nccn2)C1)OCc1ccccc1. The Kier molecular flexibility index (Phi) is 5.05. The molecule has 1 atom stereocenters. The van der Waals surface area contributed by atoms with Gasteiger partial charge in [-0.1, -0.05) is 30.3 Å². The van der Waals surface area contributed by atoms with Crippen molar-refractivity contribution >= 4 is 12.0 Å². The number of carbonyl (C=O) groups excluding carboxylic acids is 2. The first-order chi connectivity index (χ1) is 11.7. The number of hydrogen-bond acceptors (Lipinski definition) is 5. The van der Waals surface area contributed by atoms with Gasteiger partial charge in [-0.3, -0.25) is 4.79 Å². The summed E-state index contributed by atoms with van der Waals surface area (Å²) in [7, 11) is 0. The van der Waals surface area contributed by atoms with Crippen LogP contribution in [0.3, 0.4) is 0 Å². The van der Waals surface area contributed by atoms with Crippen LogP contribution in [0, 0.1) is 0 Å². The van der Waals surface area contributed by atoms with Crippen LogP contribution >= 0.6 is 0 Å². The van der Waals surface area contributed by atoms with E-state index >= 15 is 0 Å². The molecule has 1 aliphatic heterocycles. The van der Waals surface area contributed by atoms with Crippen LogP contribution in [-0.4, -0.2) is 51.5 Å². The van der Waals surface area contributed by atoms with Gasteiger partial charge in [-0.2, -0.15) is 15.0 Å². The first-order valence-corrected chi connectivity index (χ1v) is 7.80. The molecule has 126 valence electrons. The van der Waals surface area contributed by atoms with Crippen molar-refractivity contribution in [2.75, 3.05) is 19.6 Å². The lowest BCUT2D eigenvalue weighted by Gasteiger charge is -2.16. The van der Waals surface area contributed by atoms with E-state index in [1.54, 1.807) is 22.1 Å². The van der Waals surface area contributed by atoms with Crippen molar-refractivity contribution in [2.45, 2.75) is 19.1 Å². The maximum Gasteiger partial charge on any atom is 0.407 e. The minimum Gasteiger partial charge on any atom is -0.445 e. The predicted octanol–water partition coefficient (Wildman–Crippen LogP) is 0.978. The Morgan fingerprint density at radius 1 is 1.21 bits per heavy atom. The lowest BCUT2D eigenvalue weighted by atomic mass is 10.2. The van der Waals surface area contributed by atoms with Crippen molar-refractivity contribution in [3.05, 3.63) is 48.3 Å². The van der Waals surface area contributed by atoms with Crippen LogP contribution in [-0.2, 0) is 16.1 Å². The Hall–Kier alpha value is -2.90. The third-order valence-corrected chi connectivity index (χ3v) is 3.88. The number of aromatic nitrogens is 3. The molecule has 8 nitrogen and oxygen atoms in total. The number of benzene rings is 1. The predicted molar refractivity (Wildman–Crippen MR) is 84.9 cm³/mol. The van der Waals surface area contributed by atoms with Crippen molar-refractivity contribution in [1.29, 1.82) is 0 Å². The van der Waals surface area contributed by atoms with Gasteiger partial charge < -0.3 is 15.0 Å². The van der Waals surface area contributed by atoms with Gasteiger partial charge >= 0.3 is 6.09 Å². The highest BCUT2D eigenvalue weighted by Crippen LogP contribution is 2.19. The molecule has 2 heterocycles. The normalized spacial score (nSPS) is 16.8. The standard InChI is InChI=1S/C16H19N5O3/c22-15(20-9-6-14(11-20)21-18-7-8-19-21)10-17-16(23)24-12-13-4-2-1-3-5-13/h1-5,7-8,14H,6,9-12H2,(H,17,23). The van der Waals surface area contributed by atoms with Crippen LogP contribution in [0.5, 0.6) is 0 Å². The van der Waals surface area contributed by atoms with Crippen LogP contribution in [0.4, 0.5) is 4.79 Å². The molecule has 1 fully saturated rings. The fourth-order valence-electron chi connectivity index (χ4n) is 2.61. The Morgan fingerprint density at radius 3 is 2.71 bits per heavy atom. The van der Waals surface area contributed by atoms with E-state index in [0.29, 0.717) is 13.1 Å². The maximum atomic E-state index is 12.1. The lowest BCUT2D eigenvalue weighted by molar-refractivity contribution is -0.129. The molecule has 1 aromatic heterocycles. The van der Waals surface area contributed by atoms with Gasteiger partial charge in [0.25, 0.3) is 0 Å². The summed E-state index contributed by atoms with van der Waals surface area (Å²) in [5.41, 5.74) is 0.896. The second kappa shape index (κ2) is 7.58. The molecule has 1 saturated heterocycles. The summed E-state index contributed by atoms with van der Waals surface area (Å²) in [6.07, 6.45) is 3.44. The summed E-state index contributed by atoms with van der Waals surface area (Å²) in [6.45, 7) is 1.28. The van der Waals surface area contributed by atoms with Crippen molar-refractivity contribution < 1.29 is 14.3 Å². The van der Waals surface area contributed by atoms with E-state index < -0.39 is 6.09 Å². The number of alkyl carbamates (subject to hydrolysis) is 1. The number of amides is 2. The summed E-state index contributed by atoms with van der Waals surface area (Å²) in [5, 5.41) is 10.7. The van der Waals surface area contributed by atoms with Gasteiger partial charge in [0.2, 0.25) is 5.91 Å². The van der Waals surface area contributed by atoms with Crippen LogP contribution in [0.15, 0.2) is 42.7 Å². The molecule has 0 aliphatic carbocycles. The Balaban J connectivity index is 1.38. The molecule has 1 unspecified atom stereocenters. The van der Waals surface area contributed by atoms with Crippen LogP contribution < -0.4 is 5.32 Å². The largest absolute Gasteiger partial charge is 0.445 e. The minimum absolute atomic E-state index is 0.0765. The fourth-order valence-corrected chi connectivity index (χ4v) is 2.61. The highest BCUT2D eigenvalue weighted by Gasteiger charge is 2.28. The Bertz CT molecular complexity index is 674. The first-order valence-electron chi connectivity index (χ1n) is 7.80. The van der Waals surface area contributed by atoms with Gasteiger partial charge in [0.1, 0.15) is 13.2 Å². The number of ether oxygens (including phenoxy) is 1. The third-order valence-electron chi connectivity index (χ3n) is 3.88. The highest BCUT2D eigenvalue weighted by atomic mass is 16.5. The average molecular weight is 329 g/mol. The summed E-state index contributed by atoms with van der Waals surface area (Å²) in [4.78, 5) is 27.1. The molecule has 0 spiro atoms. The molecule has 8 heteroatoms. The van der Waals surface area contributed by atoms with E-state index in [2.05, 4.69) is 15.5 Å². The molecule has 24 heavy (non-hydrogen) atoms. The average Bonchev–Trinajstić information content (AvgIpc) is 3.29. The summed E-state index contributed by atoms with van der Waals surface area (Å²) < 4.78 is 5.08. The van der Waals surface area contributed by atoms with Crippen LogP contribution in [0.2, 0.25) is 0 Å². The number of nitrogens with zero attached hydrogens (tertiary/aromatic N) is 4. The molecule has 0 bridgehead atoms. The van der Waals surface area contributed by atoms with E-state index in [-0.39, 0.29) is 25.1 Å². The first kappa shape index (κ1) is 16.0. The van der Waals surface area contributed by atoms with E-state index in [1.165, 1.54) is 0 Å². The molecule has 1 N–H and O–H groups in total. The smallest absolute Gasteiger partial charge is 0.407 e. The van der Waals surface area contributed by atoms with E-state index in [4.69, 9.17) is 4.74 Å². The van der Waals surface area contributed by atoms with Gasteiger partial charge in [0, 0.05) is 13.1 Å². The maximum absolute atomic E-state index is 12.1. The second-order valence-corrected chi connectivity index (χ2v) is 5.55. The van der Waals surface area contributed by atoms with Crippen molar-refractivity contribution in [3.63, 3.8) is 0 Å². The van der Waals surface area contributed by atoms with Crippen molar-refractivity contribution in [1.82, 2.24) is 25.2 Å². The topological polar surface area (TPSA) is 89.4 Å². The molecular formula is C16H19N5O3. The summed E-state index contributed by atoms with van der Waals surface area (Å²) in [5.74, 6) is -0.138. The van der Waals surface area contributed by atoms with Crippen LogP contribution in [0.1, 0.15) is 18.0 Å². The zero-order valence-electron chi connectivity index (χ0n) is 13.2.